The number of nitro groups is 1. The number of benzene rings is 1. The number of anilines is 1. The highest BCUT2D eigenvalue weighted by atomic mass is 32.2. The molecule has 0 saturated carbocycles. The van der Waals surface area contributed by atoms with Crippen molar-refractivity contribution in [2.75, 3.05) is 11.1 Å². The van der Waals surface area contributed by atoms with Gasteiger partial charge in [0, 0.05) is 13.1 Å². The van der Waals surface area contributed by atoms with E-state index in [1.54, 1.807) is 23.7 Å². The second kappa shape index (κ2) is 6.35. The van der Waals surface area contributed by atoms with Gasteiger partial charge in [-0.15, -0.1) is 10.2 Å². The Bertz CT molecular complexity index is 685. The average Bonchev–Trinajstić information content (AvgIpc) is 2.77. The molecule has 0 atom stereocenters. The zero-order chi connectivity index (χ0) is 15.4. The van der Waals surface area contributed by atoms with Crippen LogP contribution in [0.3, 0.4) is 0 Å². The van der Waals surface area contributed by atoms with Crippen molar-refractivity contribution in [3.63, 3.8) is 0 Å². The number of para-hydroxylation sites is 2. The molecule has 1 amide bonds. The lowest BCUT2D eigenvalue weighted by Gasteiger charge is -2.05. The van der Waals surface area contributed by atoms with Crippen molar-refractivity contribution in [1.29, 1.82) is 0 Å². The van der Waals surface area contributed by atoms with Crippen molar-refractivity contribution in [3.05, 3.63) is 40.2 Å². The van der Waals surface area contributed by atoms with E-state index >= 15 is 0 Å². The van der Waals surface area contributed by atoms with Crippen LogP contribution in [0.4, 0.5) is 11.4 Å². The second-order valence-electron chi connectivity index (χ2n) is 4.20. The van der Waals surface area contributed by atoms with Crippen molar-refractivity contribution >= 4 is 29.0 Å². The standard InChI is InChI=1S/C12H13N5O3S/c1-8-14-15-12(16(8)2)21-7-11(18)13-9-5-3-4-6-10(9)17(19)20/h3-6H,7H2,1-2H3,(H,13,18). The molecule has 1 aromatic carbocycles. The average molecular weight is 307 g/mol. The van der Waals surface area contributed by atoms with Crippen LogP contribution in [0.25, 0.3) is 0 Å². The van der Waals surface area contributed by atoms with Gasteiger partial charge in [-0.25, -0.2) is 0 Å². The van der Waals surface area contributed by atoms with E-state index < -0.39 is 4.92 Å². The molecule has 0 unspecified atom stereocenters. The Balaban J connectivity index is 1.99. The van der Waals surface area contributed by atoms with Crippen molar-refractivity contribution in [3.8, 4) is 0 Å². The molecule has 0 spiro atoms. The number of nitrogens with one attached hydrogen (secondary N) is 1. The van der Waals surface area contributed by atoms with Gasteiger partial charge >= 0.3 is 0 Å². The third kappa shape index (κ3) is 3.57. The number of aromatic nitrogens is 3. The van der Waals surface area contributed by atoms with Crippen LogP contribution < -0.4 is 5.32 Å². The van der Waals surface area contributed by atoms with E-state index in [-0.39, 0.29) is 23.0 Å². The smallest absolute Gasteiger partial charge is 0.292 e. The second-order valence-corrected chi connectivity index (χ2v) is 5.14. The lowest BCUT2D eigenvalue weighted by molar-refractivity contribution is -0.383. The van der Waals surface area contributed by atoms with Crippen LogP contribution in [0.5, 0.6) is 0 Å². The SMILES string of the molecule is Cc1nnc(SCC(=O)Nc2ccccc2[N+](=O)[O-])n1C. The summed E-state index contributed by atoms with van der Waals surface area (Å²) in [6, 6.07) is 6.01. The van der Waals surface area contributed by atoms with E-state index in [1.807, 2.05) is 6.92 Å². The molecule has 1 N–H and O–H groups in total. The van der Waals surface area contributed by atoms with E-state index in [1.165, 1.54) is 23.9 Å². The predicted molar refractivity (Wildman–Crippen MR) is 78.2 cm³/mol. The van der Waals surface area contributed by atoms with Gasteiger partial charge in [0.05, 0.1) is 10.7 Å². The maximum atomic E-state index is 11.9. The molecule has 1 aromatic heterocycles. The largest absolute Gasteiger partial charge is 0.320 e. The van der Waals surface area contributed by atoms with Crippen LogP contribution in [0.1, 0.15) is 5.82 Å². The summed E-state index contributed by atoms with van der Waals surface area (Å²) in [5.41, 5.74) is 0.0487. The van der Waals surface area contributed by atoms with Gasteiger partial charge in [0.25, 0.3) is 5.69 Å². The number of hydrogen-bond acceptors (Lipinski definition) is 6. The van der Waals surface area contributed by atoms with Crippen LogP contribution >= 0.6 is 11.8 Å². The first-order valence-corrected chi connectivity index (χ1v) is 6.99. The maximum absolute atomic E-state index is 11.9. The molecule has 21 heavy (non-hydrogen) atoms. The number of nitro benzene ring substituents is 1. The predicted octanol–water partition coefficient (Wildman–Crippen LogP) is 1.76. The molecule has 2 rings (SSSR count). The lowest BCUT2D eigenvalue weighted by Crippen LogP contribution is -2.15. The lowest BCUT2D eigenvalue weighted by atomic mass is 10.2. The number of aryl methyl sites for hydroxylation is 1. The molecule has 0 bridgehead atoms. The summed E-state index contributed by atoms with van der Waals surface area (Å²) in [6.45, 7) is 1.81. The van der Waals surface area contributed by atoms with Crippen LogP contribution in [0.15, 0.2) is 29.4 Å². The summed E-state index contributed by atoms with van der Waals surface area (Å²) in [5, 5.41) is 21.8. The minimum absolute atomic E-state index is 0.0953. The summed E-state index contributed by atoms with van der Waals surface area (Å²) in [6.07, 6.45) is 0. The molecule has 9 heteroatoms. The fourth-order valence-electron chi connectivity index (χ4n) is 1.57. The fourth-order valence-corrected chi connectivity index (χ4v) is 2.33. The van der Waals surface area contributed by atoms with E-state index in [0.29, 0.717) is 5.16 Å². The van der Waals surface area contributed by atoms with Crippen molar-refractivity contribution in [2.24, 2.45) is 7.05 Å². The van der Waals surface area contributed by atoms with E-state index in [4.69, 9.17) is 0 Å². The van der Waals surface area contributed by atoms with Gasteiger partial charge in [-0.3, -0.25) is 14.9 Å². The molecule has 0 fully saturated rings. The minimum Gasteiger partial charge on any atom is -0.320 e. The zero-order valence-corrected chi connectivity index (χ0v) is 12.3. The summed E-state index contributed by atoms with van der Waals surface area (Å²) in [7, 11) is 1.80. The molecule has 0 aliphatic heterocycles. The fraction of sp³-hybridized carbons (Fsp3) is 0.250. The summed E-state index contributed by atoms with van der Waals surface area (Å²) in [5.74, 6) is 0.504. The van der Waals surface area contributed by atoms with Gasteiger partial charge in [-0.2, -0.15) is 0 Å². The highest BCUT2D eigenvalue weighted by Gasteiger charge is 2.15. The third-order valence-corrected chi connectivity index (χ3v) is 3.78. The van der Waals surface area contributed by atoms with Gasteiger partial charge < -0.3 is 9.88 Å². The zero-order valence-electron chi connectivity index (χ0n) is 11.4. The number of carbonyl (C=O) groups excluding carboxylic acids is 1. The Hall–Kier alpha value is -2.42. The first-order chi connectivity index (χ1) is 9.99. The van der Waals surface area contributed by atoms with Crippen LogP contribution in [-0.4, -0.2) is 31.3 Å². The van der Waals surface area contributed by atoms with Crippen molar-refractivity contribution in [2.45, 2.75) is 12.1 Å². The molecule has 0 aliphatic carbocycles. The van der Waals surface area contributed by atoms with Gasteiger partial charge in [-0.05, 0) is 13.0 Å². The van der Waals surface area contributed by atoms with E-state index in [0.717, 1.165) is 5.82 Å². The topological polar surface area (TPSA) is 103 Å². The molecular weight excluding hydrogens is 294 g/mol. The number of rotatable bonds is 5. The number of hydrogen-bond donors (Lipinski definition) is 1. The van der Waals surface area contributed by atoms with Crippen LogP contribution in [-0.2, 0) is 11.8 Å². The normalized spacial score (nSPS) is 10.4. The minimum atomic E-state index is -0.533. The quantitative estimate of drug-likeness (QED) is 0.513. The van der Waals surface area contributed by atoms with Gasteiger partial charge in [0.1, 0.15) is 11.5 Å². The van der Waals surface area contributed by atoms with Crippen molar-refractivity contribution < 1.29 is 9.72 Å². The Labute approximate surface area is 124 Å². The molecule has 2 aromatic rings. The molecule has 0 aliphatic rings. The Kier molecular flexibility index (Phi) is 4.53. The maximum Gasteiger partial charge on any atom is 0.292 e. The first-order valence-electron chi connectivity index (χ1n) is 6.01. The van der Waals surface area contributed by atoms with E-state index in [9.17, 15) is 14.9 Å². The molecule has 110 valence electrons. The monoisotopic (exact) mass is 307 g/mol. The van der Waals surface area contributed by atoms with Gasteiger partial charge in [0.15, 0.2) is 5.16 Å². The highest BCUT2D eigenvalue weighted by Crippen LogP contribution is 2.23. The number of carbonyl (C=O) groups is 1. The summed E-state index contributed by atoms with van der Waals surface area (Å²) in [4.78, 5) is 22.2. The summed E-state index contributed by atoms with van der Waals surface area (Å²) < 4.78 is 1.77. The number of thioether (sulfide) groups is 1. The summed E-state index contributed by atoms with van der Waals surface area (Å²) >= 11 is 1.22. The Morgan fingerprint density at radius 2 is 2.14 bits per heavy atom. The Morgan fingerprint density at radius 3 is 2.76 bits per heavy atom. The highest BCUT2D eigenvalue weighted by molar-refractivity contribution is 7.99. The molecule has 0 radical (unpaired) electrons. The number of amides is 1. The van der Waals surface area contributed by atoms with Crippen molar-refractivity contribution in [1.82, 2.24) is 14.8 Å². The molecule has 8 nitrogen and oxygen atoms in total. The third-order valence-electron chi connectivity index (χ3n) is 2.76. The van der Waals surface area contributed by atoms with E-state index in [2.05, 4.69) is 15.5 Å². The van der Waals surface area contributed by atoms with Crippen LogP contribution in [0, 0.1) is 17.0 Å². The Morgan fingerprint density at radius 1 is 1.43 bits per heavy atom. The van der Waals surface area contributed by atoms with Gasteiger partial charge in [0.2, 0.25) is 5.91 Å². The number of nitrogens with zero attached hydrogens (tertiary/aromatic N) is 4. The molecule has 1 heterocycles. The molecular formula is C12H13N5O3S. The first kappa shape index (κ1) is 15.0. The molecule has 0 saturated heterocycles. The van der Waals surface area contributed by atoms with Crippen LogP contribution in [0.2, 0.25) is 0 Å². The van der Waals surface area contributed by atoms with Gasteiger partial charge in [-0.1, -0.05) is 23.9 Å².